The van der Waals surface area contributed by atoms with Crippen molar-refractivity contribution in [1.29, 1.82) is 0 Å². The number of benzene rings is 2. The van der Waals surface area contributed by atoms with Gasteiger partial charge < -0.3 is 10.6 Å². The Balaban J connectivity index is 1.96. The first-order valence-corrected chi connectivity index (χ1v) is 10.2. The molecular formula is C24H33N2O2+. The second-order valence-corrected chi connectivity index (χ2v) is 7.73. The molecular weight excluding hydrogens is 348 g/mol. The number of hydrogen-bond acceptors (Lipinski definition) is 2. The molecule has 28 heavy (non-hydrogen) atoms. The number of carbonyl (C=O) groups is 2. The van der Waals surface area contributed by atoms with Gasteiger partial charge in [-0.1, -0.05) is 75.4 Å². The number of ketones is 1. The van der Waals surface area contributed by atoms with Crippen molar-refractivity contribution in [2.24, 2.45) is 5.92 Å². The maximum Gasteiger partial charge on any atom is 0.275 e. The molecule has 0 aromatic heterocycles. The molecule has 3 N–H and O–H groups in total. The minimum Gasteiger partial charge on any atom is -0.341 e. The van der Waals surface area contributed by atoms with E-state index in [0.717, 1.165) is 12.0 Å². The molecule has 2 rings (SSSR count). The van der Waals surface area contributed by atoms with Gasteiger partial charge in [0.1, 0.15) is 6.04 Å². The van der Waals surface area contributed by atoms with Gasteiger partial charge in [0, 0.05) is 11.5 Å². The number of Topliss-reactive ketones (excluding diaryl/α,β-unsaturated/α-hetero) is 1. The summed E-state index contributed by atoms with van der Waals surface area (Å²) in [5.41, 5.74) is 3.59. The Morgan fingerprint density at radius 3 is 2.14 bits per heavy atom. The van der Waals surface area contributed by atoms with Gasteiger partial charge in [0.15, 0.2) is 12.3 Å². The average Bonchev–Trinajstić information content (AvgIpc) is 2.68. The highest BCUT2D eigenvalue weighted by Gasteiger charge is 2.23. The Morgan fingerprint density at radius 1 is 0.964 bits per heavy atom. The monoisotopic (exact) mass is 381 g/mol. The van der Waals surface area contributed by atoms with Crippen LogP contribution in [0.4, 0.5) is 0 Å². The fourth-order valence-electron chi connectivity index (χ4n) is 3.40. The molecule has 0 radical (unpaired) electrons. The maximum absolute atomic E-state index is 12.5. The van der Waals surface area contributed by atoms with Crippen molar-refractivity contribution < 1.29 is 14.9 Å². The van der Waals surface area contributed by atoms with Gasteiger partial charge in [-0.3, -0.25) is 9.59 Å². The fraction of sp³-hybridized carbons (Fsp3) is 0.417. The van der Waals surface area contributed by atoms with E-state index in [1.165, 1.54) is 18.1 Å². The first kappa shape index (κ1) is 21.8. The van der Waals surface area contributed by atoms with E-state index in [4.69, 9.17) is 0 Å². The first-order chi connectivity index (χ1) is 13.4. The van der Waals surface area contributed by atoms with Crippen LogP contribution in [0.3, 0.4) is 0 Å². The summed E-state index contributed by atoms with van der Waals surface area (Å²) in [6.07, 6.45) is 1.54. The van der Waals surface area contributed by atoms with Gasteiger partial charge in [0.25, 0.3) is 5.91 Å². The lowest BCUT2D eigenvalue weighted by Crippen LogP contribution is -2.88. The summed E-state index contributed by atoms with van der Waals surface area (Å²) >= 11 is 0. The molecule has 2 aromatic rings. The summed E-state index contributed by atoms with van der Waals surface area (Å²) in [7, 11) is 0. The highest BCUT2D eigenvalue weighted by atomic mass is 16.2. The van der Waals surface area contributed by atoms with Crippen LogP contribution in [0.15, 0.2) is 54.6 Å². The zero-order valence-corrected chi connectivity index (χ0v) is 17.4. The normalized spacial score (nSPS) is 13.2. The van der Waals surface area contributed by atoms with Crippen molar-refractivity contribution in [3.05, 3.63) is 71.3 Å². The molecule has 2 aromatic carbocycles. The van der Waals surface area contributed by atoms with E-state index in [1.54, 1.807) is 0 Å². The van der Waals surface area contributed by atoms with E-state index < -0.39 is 6.04 Å². The van der Waals surface area contributed by atoms with Crippen LogP contribution >= 0.6 is 0 Å². The predicted molar refractivity (Wildman–Crippen MR) is 113 cm³/mol. The number of aryl methyl sites for hydroxylation is 1. The number of amides is 1. The molecule has 150 valence electrons. The quantitative estimate of drug-likeness (QED) is 0.665. The molecule has 0 saturated carbocycles. The SMILES string of the molecule is CCc1ccc([C@@H]([NH2+]CC(=O)N[C@H](Cc2ccccc2)C(C)=O)C(C)C)cc1. The highest BCUT2D eigenvalue weighted by Crippen LogP contribution is 2.18. The van der Waals surface area contributed by atoms with E-state index in [9.17, 15) is 9.59 Å². The smallest absolute Gasteiger partial charge is 0.275 e. The van der Waals surface area contributed by atoms with Gasteiger partial charge >= 0.3 is 0 Å². The molecule has 0 heterocycles. The Hall–Kier alpha value is -2.46. The first-order valence-electron chi connectivity index (χ1n) is 10.2. The van der Waals surface area contributed by atoms with Crippen molar-refractivity contribution in [2.45, 2.75) is 52.6 Å². The maximum atomic E-state index is 12.5. The van der Waals surface area contributed by atoms with Gasteiger partial charge in [-0.05, 0) is 30.9 Å². The van der Waals surface area contributed by atoms with E-state index in [0.29, 0.717) is 18.9 Å². The van der Waals surface area contributed by atoms with Crippen LogP contribution in [-0.2, 0) is 22.4 Å². The zero-order valence-electron chi connectivity index (χ0n) is 17.4. The average molecular weight is 382 g/mol. The highest BCUT2D eigenvalue weighted by molar-refractivity contribution is 5.88. The van der Waals surface area contributed by atoms with E-state index >= 15 is 0 Å². The second-order valence-electron chi connectivity index (χ2n) is 7.73. The number of hydrogen-bond donors (Lipinski definition) is 2. The molecule has 0 saturated heterocycles. The lowest BCUT2D eigenvalue weighted by molar-refractivity contribution is -0.692. The van der Waals surface area contributed by atoms with Gasteiger partial charge in [0.2, 0.25) is 0 Å². The van der Waals surface area contributed by atoms with Gasteiger partial charge in [0.05, 0.1) is 6.04 Å². The molecule has 1 amide bonds. The van der Waals surface area contributed by atoms with E-state index in [2.05, 4.69) is 55.7 Å². The summed E-state index contributed by atoms with van der Waals surface area (Å²) in [5.74, 6) is 0.271. The topological polar surface area (TPSA) is 62.8 Å². The standard InChI is InChI=1S/C24H32N2O2/c1-5-19-11-13-21(14-12-19)24(17(2)3)25-16-23(28)26-22(18(4)27)15-20-9-7-6-8-10-20/h6-14,17,22,24-25H,5,15-16H2,1-4H3,(H,26,28)/p+1/t22-,24+/m1/s1. The van der Waals surface area contributed by atoms with Crippen molar-refractivity contribution in [1.82, 2.24) is 5.32 Å². The number of rotatable bonds is 10. The number of nitrogens with two attached hydrogens (primary N) is 1. The predicted octanol–water partition coefficient (Wildman–Crippen LogP) is 2.83. The molecule has 0 spiro atoms. The molecule has 0 unspecified atom stereocenters. The van der Waals surface area contributed by atoms with Crippen LogP contribution in [0.2, 0.25) is 0 Å². The molecule has 4 heteroatoms. The molecule has 0 bridgehead atoms. The Bertz CT molecular complexity index is 754. The minimum absolute atomic E-state index is 0.0206. The van der Waals surface area contributed by atoms with Crippen molar-refractivity contribution in [2.75, 3.05) is 6.54 Å². The Morgan fingerprint density at radius 2 is 1.61 bits per heavy atom. The van der Waals surface area contributed by atoms with E-state index in [1.807, 2.05) is 30.3 Å². The fourth-order valence-corrected chi connectivity index (χ4v) is 3.40. The van der Waals surface area contributed by atoms with Crippen LogP contribution < -0.4 is 10.6 Å². The summed E-state index contributed by atoms with van der Waals surface area (Å²) in [6.45, 7) is 8.31. The summed E-state index contributed by atoms with van der Waals surface area (Å²) in [6, 6.07) is 18.1. The summed E-state index contributed by atoms with van der Waals surface area (Å²) in [4.78, 5) is 24.5. The third kappa shape index (κ3) is 6.61. The minimum atomic E-state index is -0.482. The van der Waals surface area contributed by atoms with Crippen LogP contribution in [0, 0.1) is 5.92 Å². The number of nitrogens with one attached hydrogen (secondary N) is 1. The molecule has 0 aliphatic rings. The van der Waals surface area contributed by atoms with Crippen LogP contribution in [-0.4, -0.2) is 24.3 Å². The van der Waals surface area contributed by atoms with Gasteiger partial charge in [-0.15, -0.1) is 0 Å². The largest absolute Gasteiger partial charge is 0.341 e. The summed E-state index contributed by atoms with van der Waals surface area (Å²) in [5, 5.41) is 4.98. The summed E-state index contributed by atoms with van der Waals surface area (Å²) < 4.78 is 0. The Labute approximate surface area is 168 Å². The molecule has 0 aliphatic heterocycles. The second kappa shape index (κ2) is 10.8. The third-order valence-electron chi connectivity index (χ3n) is 5.16. The van der Waals surface area contributed by atoms with Crippen molar-refractivity contribution in [3.63, 3.8) is 0 Å². The Kier molecular flexibility index (Phi) is 8.40. The van der Waals surface area contributed by atoms with Gasteiger partial charge in [-0.2, -0.15) is 0 Å². The van der Waals surface area contributed by atoms with Crippen LogP contribution in [0.1, 0.15) is 50.4 Å². The van der Waals surface area contributed by atoms with Gasteiger partial charge in [-0.25, -0.2) is 0 Å². The van der Waals surface area contributed by atoms with Crippen LogP contribution in [0.5, 0.6) is 0 Å². The van der Waals surface area contributed by atoms with Crippen LogP contribution in [0.25, 0.3) is 0 Å². The molecule has 4 nitrogen and oxygen atoms in total. The molecule has 0 fully saturated rings. The zero-order chi connectivity index (χ0) is 20.5. The lowest BCUT2D eigenvalue weighted by Gasteiger charge is -2.21. The third-order valence-corrected chi connectivity index (χ3v) is 5.16. The van der Waals surface area contributed by atoms with E-state index in [-0.39, 0.29) is 17.7 Å². The molecule has 0 aliphatic carbocycles. The lowest BCUT2D eigenvalue weighted by atomic mass is 9.95. The molecule has 2 atom stereocenters. The number of quaternary nitrogens is 1. The van der Waals surface area contributed by atoms with Crippen molar-refractivity contribution >= 4 is 11.7 Å². The number of carbonyl (C=O) groups excluding carboxylic acids is 2. The van der Waals surface area contributed by atoms with Crippen molar-refractivity contribution in [3.8, 4) is 0 Å².